The quantitative estimate of drug-likeness (QED) is 0.168. The summed E-state index contributed by atoms with van der Waals surface area (Å²) in [5, 5.41) is 2.39. The van der Waals surface area contributed by atoms with E-state index < -0.39 is 77.3 Å². The predicted octanol–water partition coefficient (Wildman–Crippen LogP) is 7.18. The molecule has 0 spiro atoms. The summed E-state index contributed by atoms with van der Waals surface area (Å²) in [6.45, 7) is 18.1. The normalized spacial score (nSPS) is 36.7. The van der Waals surface area contributed by atoms with Crippen LogP contribution in [0.25, 0.3) is 10.9 Å². The van der Waals surface area contributed by atoms with Crippen LogP contribution in [0.4, 0.5) is 9.18 Å². The zero-order chi connectivity index (χ0) is 39.7. The van der Waals surface area contributed by atoms with Crippen molar-refractivity contribution < 1.29 is 42.5 Å². The minimum Gasteiger partial charge on any atom is -0.456 e. The zero-order valence-electron chi connectivity index (χ0n) is 33.6. The number of ether oxygens (including phenoxy) is 4. The summed E-state index contributed by atoms with van der Waals surface area (Å²) in [4.78, 5) is 60.2. The van der Waals surface area contributed by atoms with Gasteiger partial charge >= 0.3 is 12.1 Å². The van der Waals surface area contributed by atoms with Crippen LogP contribution in [0.3, 0.4) is 0 Å². The SMILES string of the molecule is CC[C@H]1OC(=O)[C@@](C)(F)C(=O)[C@H](C)[C@@H](O[C@@H]2O[C@H](C)C[C@H](C)[C@H]2C)C(C)(C)C[C@@H](C)C(=O)[C@H](C)[C@@H]2C1OC(=O)N2NCCCc1ccnc2ccccc12. The first-order valence-corrected chi connectivity index (χ1v) is 19.7. The summed E-state index contributed by atoms with van der Waals surface area (Å²) >= 11 is 0. The van der Waals surface area contributed by atoms with Crippen LogP contribution in [-0.4, -0.2) is 82.6 Å². The van der Waals surface area contributed by atoms with Crippen molar-refractivity contribution in [3.8, 4) is 0 Å². The van der Waals surface area contributed by atoms with E-state index in [2.05, 4.69) is 17.3 Å². The molecule has 3 saturated heterocycles. The molecule has 0 radical (unpaired) electrons. The van der Waals surface area contributed by atoms with E-state index in [4.69, 9.17) is 18.9 Å². The Morgan fingerprint density at radius 3 is 2.39 bits per heavy atom. The standard InChI is InChI=1S/C42H60FN3O8/c1-11-32-35-33(46(40(50)53-35)45-19-14-15-29-18-20-44-31-17-13-12-16-30(29)31)27(6)34(47)24(3)22-41(8,9)37(28(7)36(48)42(10,43)39(49)52-32)54-38-26(5)23(2)21-25(4)51-38/h12-13,16-18,20,23-28,32-33,35,37-38,45H,11,14-15,19,21-22H2,1-10H3/t23-,24+,25+,26+,27+,28-,32+,33+,35?,37+,38-,42-/m0/s1. The predicted molar refractivity (Wildman–Crippen MR) is 202 cm³/mol. The molecule has 1 N–H and O–H groups in total. The number of fused-ring (bicyclic) bond motifs is 2. The summed E-state index contributed by atoms with van der Waals surface area (Å²) in [5.74, 6) is -4.64. The van der Waals surface area contributed by atoms with Crippen LogP contribution >= 0.6 is 0 Å². The molecule has 1 unspecified atom stereocenters. The molecule has 3 aliphatic heterocycles. The molecule has 12 atom stereocenters. The molecule has 1 aromatic heterocycles. The number of cyclic esters (lactones) is 1. The van der Waals surface area contributed by atoms with Crippen LogP contribution < -0.4 is 5.43 Å². The lowest BCUT2D eigenvalue weighted by Gasteiger charge is -2.46. The number of aryl methyl sites for hydroxylation is 1. The average molecular weight is 754 g/mol. The highest BCUT2D eigenvalue weighted by Crippen LogP contribution is 2.43. The molecular weight excluding hydrogens is 693 g/mol. The fourth-order valence-corrected chi connectivity index (χ4v) is 8.95. The van der Waals surface area contributed by atoms with Gasteiger partial charge in [-0.05, 0) is 75.0 Å². The summed E-state index contributed by atoms with van der Waals surface area (Å²) < 4.78 is 41.2. The Labute approximate surface area is 319 Å². The average Bonchev–Trinajstić information content (AvgIpc) is 3.45. The van der Waals surface area contributed by atoms with Crippen molar-refractivity contribution in [2.24, 2.45) is 35.0 Å². The highest BCUT2D eigenvalue weighted by Gasteiger charge is 2.56. The van der Waals surface area contributed by atoms with E-state index in [9.17, 15) is 19.2 Å². The van der Waals surface area contributed by atoms with Gasteiger partial charge in [-0.2, -0.15) is 0 Å². The summed E-state index contributed by atoms with van der Waals surface area (Å²) in [7, 11) is 0. The van der Waals surface area contributed by atoms with Crippen molar-refractivity contribution in [2.75, 3.05) is 6.54 Å². The highest BCUT2D eigenvalue weighted by atomic mass is 19.1. The highest BCUT2D eigenvalue weighted by molar-refractivity contribution is 6.07. The number of carbonyl (C=O) groups is 4. The number of amides is 1. The third-order valence-corrected chi connectivity index (χ3v) is 12.2. The number of aromatic nitrogens is 1. The van der Waals surface area contributed by atoms with Gasteiger partial charge in [0.1, 0.15) is 17.9 Å². The number of para-hydroxylation sites is 1. The lowest BCUT2D eigenvalue weighted by molar-refractivity contribution is -0.267. The van der Waals surface area contributed by atoms with Crippen LogP contribution in [0.1, 0.15) is 100 Å². The second kappa shape index (κ2) is 16.7. The Hall–Kier alpha value is -3.48. The Kier molecular flexibility index (Phi) is 12.9. The maximum atomic E-state index is 16.6. The van der Waals surface area contributed by atoms with Gasteiger partial charge in [0.2, 0.25) is 0 Å². The lowest BCUT2D eigenvalue weighted by Crippen LogP contribution is -2.57. The van der Waals surface area contributed by atoms with Gasteiger partial charge in [-0.3, -0.25) is 14.6 Å². The van der Waals surface area contributed by atoms with Crippen molar-refractivity contribution in [2.45, 2.75) is 144 Å². The number of rotatable bonds is 8. The fraction of sp³-hybridized carbons (Fsp3) is 0.690. The van der Waals surface area contributed by atoms with Gasteiger partial charge < -0.3 is 18.9 Å². The van der Waals surface area contributed by atoms with Crippen LogP contribution in [0.2, 0.25) is 0 Å². The number of benzene rings is 1. The van der Waals surface area contributed by atoms with Gasteiger partial charge in [-0.15, -0.1) is 0 Å². The van der Waals surface area contributed by atoms with E-state index in [1.54, 1.807) is 27.0 Å². The topological polar surface area (TPSA) is 133 Å². The number of halogens is 1. The molecule has 5 rings (SSSR count). The Morgan fingerprint density at radius 1 is 0.981 bits per heavy atom. The number of nitrogens with zero attached hydrogens (tertiary/aromatic N) is 2. The smallest absolute Gasteiger partial charge is 0.425 e. The van der Waals surface area contributed by atoms with Crippen molar-refractivity contribution in [3.63, 3.8) is 0 Å². The molecular formula is C42H60FN3O8. The van der Waals surface area contributed by atoms with E-state index in [0.29, 0.717) is 19.4 Å². The van der Waals surface area contributed by atoms with Gasteiger partial charge in [0.15, 0.2) is 18.2 Å². The number of nitrogens with one attached hydrogen (secondary N) is 1. The molecule has 298 valence electrons. The van der Waals surface area contributed by atoms with E-state index in [-0.39, 0.29) is 36.6 Å². The first kappa shape index (κ1) is 41.7. The van der Waals surface area contributed by atoms with E-state index in [0.717, 1.165) is 29.8 Å². The summed E-state index contributed by atoms with van der Waals surface area (Å²) in [6.07, 6.45) is -0.205. The number of Topliss-reactive ketones (excluding diaryl/α,β-unsaturated/α-hetero) is 2. The molecule has 54 heavy (non-hydrogen) atoms. The molecule has 3 aliphatic rings. The molecule has 12 heteroatoms. The van der Waals surface area contributed by atoms with Gasteiger partial charge in [-0.25, -0.2) is 24.4 Å². The minimum atomic E-state index is -3.03. The number of hydrazine groups is 1. The Bertz CT molecular complexity index is 1680. The third kappa shape index (κ3) is 8.50. The summed E-state index contributed by atoms with van der Waals surface area (Å²) in [5.41, 5.74) is 1.33. The lowest BCUT2D eigenvalue weighted by atomic mass is 9.69. The number of ketones is 2. The van der Waals surface area contributed by atoms with Crippen molar-refractivity contribution >= 4 is 34.5 Å². The summed E-state index contributed by atoms with van der Waals surface area (Å²) in [6, 6.07) is 9.00. The molecule has 1 aromatic carbocycles. The largest absolute Gasteiger partial charge is 0.456 e. The van der Waals surface area contributed by atoms with E-state index in [1.165, 1.54) is 5.01 Å². The van der Waals surface area contributed by atoms with Crippen molar-refractivity contribution in [1.29, 1.82) is 0 Å². The number of pyridine rings is 1. The Balaban J connectivity index is 1.44. The van der Waals surface area contributed by atoms with Gasteiger partial charge in [-0.1, -0.05) is 73.6 Å². The van der Waals surface area contributed by atoms with Gasteiger partial charge in [0.25, 0.3) is 5.67 Å². The maximum absolute atomic E-state index is 16.6. The Morgan fingerprint density at radius 2 is 1.69 bits per heavy atom. The molecule has 4 heterocycles. The van der Waals surface area contributed by atoms with Gasteiger partial charge in [0, 0.05) is 41.8 Å². The fourth-order valence-electron chi connectivity index (χ4n) is 8.95. The monoisotopic (exact) mass is 753 g/mol. The molecule has 2 aromatic rings. The number of alkyl halides is 1. The molecule has 0 bridgehead atoms. The van der Waals surface area contributed by atoms with Crippen molar-refractivity contribution in [3.05, 3.63) is 42.1 Å². The van der Waals surface area contributed by atoms with Gasteiger partial charge in [0.05, 0.1) is 17.7 Å². The maximum Gasteiger partial charge on any atom is 0.425 e. The number of esters is 1. The first-order valence-electron chi connectivity index (χ1n) is 19.7. The van der Waals surface area contributed by atoms with E-state index >= 15 is 4.39 Å². The second-order valence-electron chi connectivity index (χ2n) is 16.9. The van der Waals surface area contributed by atoms with Crippen molar-refractivity contribution in [1.82, 2.24) is 15.4 Å². The van der Waals surface area contributed by atoms with E-state index in [1.807, 2.05) is 65.0 Å². The number of carbonyl (C=O) groups excluding carboxylic acids is 4. The zero-order valence-corrected chi connectivity index (χ0v) is 33.6. The number of hydrogen-bond acceptors (Lipinski definition) is 10. The minimum absolute atomic E-state index is 0.0159. The molecule has 0 aliphatic carbocycles. The first-order chi connectivity index (χ1) is 25.4. The second-order valence-corrected chi connectivity index (χ2v) is 16.9. The van der Waals surface area contributed by atoms with Crippen LogP contribution in [-0.2, 0) is 39.8 Å². The number of hydrogen-bond donors (Lipinski definition) is 1. The molecule has 3 fully saturated rings. The van der Waals surface area contributed by atoms with Crippen LogP contribution in [0, 0.1) is 35.0 Å². The van der Waals surface area contributed by atoms with Crippen LogP contribution in [0.15, 0.2) is 36.5 Å². The van der Waals surface area contributed by atoms with Crippen LogP contribution in [0.5, 0.6) is 0 Å². The molecule has 1 amide bonds. The molecule has 0 saturated carbocycles. The molecule has 11 nitrogen and oxygen atoms in total. The third-order valence-electron chi connectivity index (χ3n) is 12.2.